The predicted octanol–water partition coefficient (Wildman–Crippen LogP) is 4.10. The van der Waals surface area contributed by atoms with Crippen molar-refractivity contribution in [3.05, 3.63) is 23.4 Å². The number of aromatic nitrogens is 1. The van der Waals surface area contributed by atoms with Gasteiger partial charge in [0.05, 0.1) is 0 Å². The van der Waals surface area contributed by atoms with E-state index in [1.807, 2.05) is 0 Å². The first-order valence-electron chi connectivity index (χ1n) is 8.46. The second-order valence-corrected chi connectivity index (χ2v) is 6.71. The van der Waals surface area contributed by atoms with Gasteiger partial charge in [-0.05, 0) is 43.2 Å². The van der Waals surface area contributed by atoms with E-state index in [1.165, 1.54) is 24.8 Å². The third kappa shape index (κ3) is 5.31. The maximum Gasteiger partial charge on any atom is 0.214 e. The average Bonchev–Trinajstić information content (AvgIpc) is 2.45. The number of ether oxygens (including phenoxy) is 1. The average molecular weight is 290 g/mol. The molecule has 1 aliphatic rings. The van der Waals surface area contributed by atoms with Gasteiger partial charge in [0, 0.05) is 24.3 Å². The van der Waals surface area contributed by atoms with Gasteiger partial charge in [-0.15, -0.1) is 0 Å². The zero-order chi connectivity index (χ0) is 15.2. The van der Waals surface area contributed by atoms with Gasteiger partial charge < -0.3 is 10.1 Å². The fourth-order valence-corrected chi connectivity index (χ4v) is 2.94. The molecule has 1 N–H and O–H groups in total. The Bertz CT molecular complexity index is 445. The van der Waals surface area contributed by atoms with E-state index in [0.29, 0.717) is 12.1 Å². The molecule has 0 spiro atoms. The lowest BCUT2D eigenvalue weighted by Crippen LogP contribution is -2.25. The topological polar surface area (TPSA) is 34.1 Å². The number of nitrogens with one attached hydrogen (secondary N) is 1. The van der Waals surface area contributed by atoms with Gasteiger partial charge in [-0.25, -0.2) is 4.98 Å². The normalized spacial score (nSPS) is 22.5. The highest BCUT2D eigenvalue weighted by Gasteiger charge is 2.20. The first kappa shape index (κ1) is 16.3. The van der Waals surface area contributed by atoms with Crippen LogP contribution in [0.5, 0.6) is 5.88 Å². The maximum atomic E-state index is 6.18. The monoisotopic (exact) mass is 290 g/mol. The highest BCUT2D eigenvalue weighted by atomic mass is 16.5. The Kier molecular flexibility index (Phi) is 6.04. The summed E-state index contributed by atoms with van der Waals surface area (Å²) in [5, 5.41) is 3.47. The molecule has 2 rings (SSSR count). The third-order valence-corrected chi connectivity index (χ3v) is 4.17. The number of nitrogens with zero attached hydrogens (tertiary/aromatic N) is 1. The number of aryl methyl sites for hydroxylation is 1. The summed E-state index contributed by atoms with van der Waals surface area (Å²) in [6, 6.07) is 4.78. The molecular formula is C18H30N2O. The van der Waals surface area contributed by atoms with Crippen molar-refractivity contribution in [2.45, 2.75) is 78.5 Å². The molecule has 1 aromatic rings. The van der Waals surface area contributed by atoms with Crippen LogP contribution in [0.15, 0.2) is 12.1 Å². The van der Waals surface area contributed by atoms with E-state index in [4.69, 9.17) is 4.74 Å². The van der Waals surface area contributed by atoms with Gasteiger partial charge >= 0.3 is 0 Å². The second-order valence-electron chi connectivity index (χ2n) is 6.71. The molecule has 0 amide bonds. The fraction of sp³-hybridized carbons (Fsp3) is 0.722. The Morgan fingerprint density at radius 2 is 2.14 bits per heavy atom. The van der Waals surface area contributed by atoms with Crippen LogP contribution in [0.4, 0.5) is 0 Å². The molecule has 3 nitrogen and oxygen atoms in total. The van der Waals surface area contributed by atoms with E-state index in [0.717, 1.165) is 36.9 Å². The minimum Gasteiger partial charge on any atom is -0.474 e. The third-order valence-electron chi connectivity index (χ3n) is 4.17. The van der Waals surface area contributed by atoms with E-state index < -0.39 is 0 Å². The predicted molar refractivity (Wildman–Crippen MR) is 87.6 cm³/mol. The van der Waals surface area contributed by atoms with Crippen LogP contribution >= 0.6 is 0 Å². The molecule has 2 atom stereocenters. The van der Waals surface area contributed by atoms with Crippen LogP contribution in [0.25, 0.3) is 0 Å². The smallest absolute Gasteiger partial charge is 0.214 e. The zero-order valence-electron chi connectivity index (χ0n) is 14.0. The summed E-state index contributed by atoms with van der Waals surface area (Å²) in [5.41, 5.74) is 2.39. The number of hydrogen-bond donors (Lipinski definition) is 1. The summed E-state index contributed by atoms with van der Waals surface area (Å²) in [6.45, 7) is 9.69. The van der Waals surface area contributed by atoms with Crippen LogP contribution < -0.4 is 10.1 Å². The molecular weight excluding hydrogens is 260 g/mol. The van der Waals surface area contributed by atoms with E-state index in [9.17, 15) is 0 Å². The lowest BCUT2D eigenvalue weighted by Gasteiger charge is -2.27. The highest BCUT2D eigenvalue weighted by molar-refractivity contribution is 5.25. The largest absolute Gasteiger partial charge is 0.474 e. The van der Waals surface area contributed by atoms with Gasteiger partial charge in [0.15, 0.2) is 0 Å². The van der Waals surface area contributed by atoms with Crippen LogP contribution in [0.2, 0.25) is 0 Å². The van der Waals surface area contributed by atoms with Crippen LogP contribution in [0.1, 0.15) is 64.6 Å². The van der Waals surface area contributed by atoms with Crippen molar-refractivity contribution in [2.75, 3.05) is 0 Å². The van der Waals surface area contributed by atoms with Gasteiger partial charge in [0.25, 0.3) is 0 Å². The molecule has 0 aromatic carbocycles. The van der Waals surface area contributed by atoms with E-state index in [1.54, 1.807) is 0 Å². The Morgan fingerprint density at radius 1 is 1.33 bits per heavy atom. The number of rotatable bonds is 6. The van der Waals surface area contributed by atoms with E-state index in [2.05, 4.69) is 50.1 Å². The van der Waals surface area contributed by atoms with Crippen molar-refractivity contribution in [3.63, 3.8) is 0 Å². The zero-order valence-corrected chi connectivity index (χ0v) is 14.0. The van der Waals surface area contributed by atoms with E-state index in [-0.39, 0.29) is 0 Å². The van der Waals surface area contributed by atoms with Gasteiger partial charge in [0.1, 0.15) is 6.10 Å². The second kappa shape index (κ2) is 7.79. The summed E-state index contributed by atoms with van der Waals surface area (Å²) >= 11 is 0. The molecule has 0 aliphatic heterocycles. The lowest BCUT2D eigenvalue weighted by atomic mass is 9.89. The maximum absolute atomic E-state index is 6.18. The van der Waals surface area contributed by atoms with Crippen LogP contribution in [0, 0.1) is 5.92 Å². The molecule has 0 radical (unpaired) electrons. The van der Waals surface area contributed by atoms with Crippen LogP contribution in [-0.4, -0.2) is 17.1 Å². The van der Waals surface area contributed by atoms with Gasteiger partial charge in [0.2, 0.25) is 5.88 Å². The van der Waals surface area contributed by atoms with Gasteiger partial charge in [-0.3, -0.25) is 0 Å². The quantitative estimate of drug-likeness (QED) is 0.856. The van der Waals surface area contributed by atoms with E-state index >= 15 is 0 Å². The van der Waals surface area contributed by atoms with Crippen LogP contribution in [0.3, 0.4) is 0 Å². The van der Waals surface area contributed by atoms with Gasteiger partial charge in [-0.2, -0.15) is 0 Å². The van der Waals surface area contributed by atoms with Crippen molar-refractivity contribution in [1.82, 2.24) is 10.3 Å². The minimum absolute atomic E-state index is 0.347. The molecule has 0 saturated heterocycles. The Hall–Kier alpha value is -1.09. The Morgan fingerprint density at radius 3 is 2.81 bits per heavy atom. The van der Waals surface area contributed by atoms with Crippen molar-refractivity contribution < 1.29 is 4.74 Å². The molecule has 1 heterocycles. The molecule has 3 heteroatoms. The Balaban J connectivity index is 2.05. The summed E-state index contributed by atoms with van der Waals surface area (Å²) in [7, 11) is 0. The summed E-state index contributed by atoms with van der Waals surface area (Å²) < 4.78 is 6.18. The molecule has 1 fully saturated rings. The first-order chi connectivity index (χ1) is 10.1. The Labute approximate surface area is 129 Å². The molecule has 1 aliphatic carbocycles. The minimum atomic E-state index is 0.347. The van der Waals surface area contributed by atoms with Crippen molar-refractivity contribution in [1.29, 1.82) is 0 Å². The molecule has 0 bridgehead atoms. The standard InChI is InChI=1S/C18H30N2O/c1-5-16-10-15(12-19-13(2)3)11-18(20-16)21-17-8-6-7-14(4)9-17/h10-11,13-14,17,19H,5-9,12H2,1-4H3. The number of hydrogen-bond acceptors (Lipinski definition) is 3. The highest BCUT2D eigenvalue weighted by Crippen LogP contribution is 2.27. The molecule has 1 saturated carbocycles. The lowest BCUT2D eigenvalue weighted by molar-refractivity contribution is 0.123. The summed E-state index contributed by atoms with van der Waals surface area (Å²) in [6.07, 6.45) is 6.25. The van der Waals surface area contributed by atoms with Crippen molar-refractivity contribution >= 4 is 0 Å². The van der Waals surface area contributed by atoms with Crippen LogP contribution in [-0.2, 0) is 13.0 Å². The molecule has 118 valence electrons. The van der Waals surface area contributed by atoms with Crippen molar-refractivity contribution in [3.8, 4) is 5.88 Å². The molecule has 1 aromatic heterocycles. The molecule has 21 heavy (non-hydrogen) atoms. The molecule has 2 unspecified atom stereocenters. The summed E-state index contributed by atoms with van der Waals surface area (Å²) in [4.78, 5) is 4.65. The van der Waals surface area contributed by atoms with Crippen molar-refractivity contribution in [2.24, 2.45) is 5.92 Å². The summed E-state index contributed by atoms with van der Waals surface area (Å²) in [5.74, 6) is 1.59. The van der Waals surface area contributed by atoms with Gasteiger partial charge in [-0.1, -0.05) is 34.1 Å². The number of pyridine rings is 1. The fourth-order valence-electron chi connectivity index (χ4n) is 2.94. The SMILES string of the molecule is CCc1cc(CNC(C)C)cc(OC2CCCC(C)C2)n1. The first-order valence-corrected chi connectivity index (χ1v) is 8.46.